The fourth-order valence-electron chi connectivity index (χ4n) is 1.06. The van der Waals surface area contributed by atoms with Gasteiger partial charge in [0, 0.05) is 5.56 Å². The molecule has 0 aliphatic carbocycles. The van der Waals surface area contributed by atoms with Gasteiger partial charge in [0.15, 0.2) is 0 Å². The highest BCUT2D eigenvalue weighted by Gasteiger charge is 2.16. The van der Waals surface area contributed by atoms with E-state index in [1.54, 1.807) is 11.4 Å². The molecule has 6 heteroatoms. The molecule has 0 saturated heterocycles. The van der Waals surface area contributed by atoms with Crippen molar-refractivity contribution in [1.82, 2.24) is 5.32 Å². The number of primary amides is 1. The van der Waals surface area contributed by atoms with Gasteiger partial charge in [-0.2, -0.15) is 0 Å². The molecule has 1 aromatic rings. The predicted molar refractivity (Wildman–Crippen MR) is 66.4 cm³/mol. The molecule has 0 spiro atoms. The zero-order chi connectivity index (χ0) is 12.8. The fraction of sp³-hybridized carbons (Fsp3) is 0.273. The lowest BCUT2D eigenvalue weighted by Gasteiger charge is -2.08. The summed E-state index contributed by atoms with van der Waals surface area (Å²) >= 11 is 1.25. The third kappa shape index (κ3) is 3.59. The van der Waals surface area contributed by atoms with Crippen molar-refractivity contribution in [2.75, 3.05) is 6.54 Å². The van der Waals surface area contributed by atoms with E-state index in [-0.39, 0.29) is 12.5 Å². The Hall–Kier alpha value is -1.84. The van der Waals surface area contributed by atoms with Crippen LogP contribution in [0.3, 0.4) is 0 Å². The van der Waals surface area contributed by atoms with Crippen LogP contribution in [-0.2, 0) is 4.79 Å². The first-order valence-electron chi connectivity index (χ1n) is 4.93. The predicted octanol–water partition coefficient (Wildman–Crippen LogP) is -0.338. The van der Waals surface area contributed by atoms with E-state index in [1.165, 1.54) is 18.3 Å². The highest BCUT2D eigenvalue weighted by atomic mass is 32.1. The SMILES string of the molecule is CC(NC(=O)c1sccc1C#CCN)C(N)=O. The van der Waals surface area contributed by atoms with Gasteiger partial charge in [0.2, 0.25) is 5.91 Å². The Kier molecular flexibility index (Phi) is 4.69. The number of hydrogen-bond donors (Lipinski definition) is 3. The van der Waals surface area contributed by atoms with Gasteiger partial charge in [-0.05, 0) is 18.4 Å². The molecule has 17 heavy (non-hydrogen) atoms. The van der Waals surface area contributed by atoms with E-state index in [0.717, 1.165) is 0 Å². The molecule has 0 saturated carbocycles. The summed E-state index contributed by atoms with van der Waals surface area (Å²) in [7, 11) is 0. The second kappa shape index (κ2) is 6.03. The topological polar surface area (TPSA) is 98.2 Å². The molecule has 1 atom stereocenters. The van der Waals surface area contributed by atoms with Crippen LogP contribution < -0.4 is 16.8 Å². The lowest BCUT2D eigenvalue weighted by Crippen LogP contribution is -2.42. The highest BCUT2D eigenvalue weighted by Crippen LogP contribution is 2.15. The Morgan fingerprint density at radius 2 is 2.29 bits per heavy atom. The minimum atomic E-state index is -0.708. The summed E-state index contributed by atoms with van der Waals surface area (Å²) in [4.78, 5) is 23.1. The van der Waals surface area contributed by atoms with Gasteiger partial charge < -0.3 is 16.8 Å². The molecule has 5 N–H and O–H groups in total. The van der Waals surface area contributed by atoms with E-state index < -0.39 is 11.9 Å². The second-order valence-corrected chi connectivity index (χ2v) is 4.18. The second-order valence-electron chi connectivity index (χ2n) is 3.27. The van der Waals surface area contributed by atoms with E-state index in [2.05, 4.69) is 17.2 Å². The maximum Gasteiger partial charge on any atom is 0.263 e. The summed E-state index contributed by atoms with van der Waals surface area (Å²) in [6.45, 7) is 1.76. The van der Waals surface area contributed by atoms with Crippen LogP contribution in [0.2, 0.25) is 0 Å². The standard InChI is InChI=1S/C11H13N3O2S/c1-7(10(13)15)14-11(16)9-8(3-2-5-12)4-6-17-9/h4,6-7H,5,12H2,1H3,(H2,13,15)(H,14,16). The van der Waals surface area contributed by atoms with Gasteiger partial charge in [-0.1, -0.05) is 11.8 Å². The van der Waals surface area contributed by atoms with Crippen molar-refractivity contribution in [3.05, 3.63) is 21.9 Å². The molecule has 0 bridgehead atoms. The van der Waals surface area contributed by atoms with Crippen molar-refractivity contribution < 1.29 is 9.59 Å². The van der Waals surface area contributed by atoms with E-state index in [0.29, 0.717) is 10.4 Å². The summed E-state index contributed by atoms with van der Waals surface area (Å²) in [6.07, 6.45) is 0. The summed E-state index contributed by atoms with van der Waals surface area (Å²) < 4.78 is 0. The maximum absolute atomic E-state index is 11.8. The fourth-order valence-corrected chi connectivity index (χ4v) is 1.82. The van der Waals surface area contributed by atoms with E-state index in [9.17, 15) is 9.59 Å². The average Bonchev–Trinajstić information content (AvgIpc) is 2.74. The minimum absolute atomic E-state index is 0.231. The van der Waals surface area contributed by atoms with E-state index in [4.69, 9.17) is 11.5 Å². The normalized spacial score (nSPS) is 11.2. The molecule has 0 aromatic carbocycles. The number of nitrogens with two attached hydrogens (primary N) is 2. The van der Waals surface area contributed by atoms with Crippen molar-refractivity contribution in [2.45, 2.75) is 13.0 Å². The van der Waals surface area contributed by atoms with Gasteiger partial charge in [0.05, 0.1) is 6.54 Å². The third-order valence-electron chi connectivity index (χ3n) is 1.97. The van der Waals surface area contributed by atoms with Gasteiger partial charge in [-0.25, -0.2) is 0 Å². The van der Waals surface area contributed by atoms with Gasteiger partial charge in [0.25, 0.3) is 5.91 Å². The van der Waals surface area contributed by atoms with Crippen LogP contribution in [0, 0.1) is 11.8 Å². The van der Waals surface area contributed by atoms with Gasteiger partial charge in [-0.3, -0.25) is 9.59 Å². The number of rotatable bonds is 3. The number of thiophene rings is 1. The summed E-state index contributed by atoms with van der Waals surface area (Å²) in [5, 5.41) is 4.25. The van der Waals surface area contributed by atoms with Crippen molar-refractivity contribution in [1.29, 1.82) is 0 Å². The summed E-state index contributed by atoms with van der Waals surface area (Å²) in [5.74, 6) is 4.54. The van der Waals surface area contributed by atoms with Crippen LogP contribution in [0.4, 0.5) is 0 Å². The van der Waals surface area contributed by atoms with Crippen LogP contribution >= 0.6 is 11.3 Å². The quantitative estimate of drug-likeness (QED) is 0.641. The average molecular weight is 251 g/mol. The number of hydrogen-bond acceptors (Lipinski definition) is 4. The molecule has 1 rings (SSSR count). The zero-order valence-electron chi connectivity index (χ0n) is 9.32. The van der Waals surface area contributed by atoms with E-state index >= 15 is 0 Å². The van der Waals surface area contributed by atoms with Crippen LogP contribution in [0.5, 0.6) is 0 Å². The molecule has 2 amide bonds. The molecule has 5 nitrogen and oxygen atoms in total. The highest BCUT2D eigenvalue weighted by molar-refractivity contribution is 7.12. The number of amides is 2. The first kappa shape index (κ1) is 13.2. The van der Waals surface area contributed by atoms with Crippen molar-refractivity contribution in [2.24, 2.45) is 11.5 Å². The number of carbonyl (C=O) groups excluding carboxylic acids is 2. The zero-order valence-corrected chi connectivity index (χ0v) is 10.1. The number of nitrogens with one attached hydrogen (secondary N) is 1. The Morgan fingerprint density at radius 3 is 2.88 bits per heavy atom. The van der Waals surface area contributed by atoms with Crippen molar-refractivity contribution in [3.63, 3.8) is 0 Å². The smallest absolute Gasteiger partial charge is 0.263 e. The minimum Gasteiger partial charge on any atom is -0.368 e. The van der Waals surface area contributed by atoms with Crippen LogP contribution in [0.25, 0.3) is 0 Å². The van der Waals surface area contributed by atoms with Crippen LogP contribution in [0.1, 0.15) is 22.2 Å². The number of carbonyl (C=O) groups is 2. The molecule has 1 aromatic heterocycles. The molecular weight excluding hydrogens is 238 g/mol. The summed E-state index contributed by atoms with van der Waals surface area (Å²) in [6, 6.07) is 1.02. The first-order valence-corrected chi connectivity index (χ1v) is 5.80. The molecule has 0 aliphatic rings. The monoisotopic (exact) mass is 251 g/mol. The lowest BCUT2D eigenvalue weighted by atomic mass is 10.2. The van der Waals surface area contributed by atoms with Gasteiger partial charge in [0.1, 0.15) is 10.9 Å². The Labute approximate surface area is 103 Å². The maximum atomic E-state index is 11.8. The van der Waals surface area contributed by atoms with Gasteiger partial charge in [-0.15, -0.1) is 11.3 Å². The van der Waals surface area contributed by atoms with Crippen LogP contribution in [-0.4, -0.2) is 24.4 Å². The Balaban J connectivity index is 2.82. The van der Waals surface area contributed by atoms with Crippen molar-refractivity contribution in [3.8, 4) is 11.8 Å². The molecular formula is C11H13N3O2S. The lowest BCUT2D eigenvalue weighted by molar-refractivity contribution is -0.119. The van der Waals surface area contributed by atoms with Crippen LogP contribution in [0.15, 0.2) is 11.4 Å². The Bertz CT molecular complexity index is 484. The third-order valence-corrected chi connectivity index (χ3v) is 2.88. The first-order chi connectivity index (χ1) is 8.06. The van der Waals surface area contributed by atoms with Crippen molar-refractivity contribution >= 4 is 23.2 Å². The largest absolute Gasteiger partial charge is 0.368 e. The summed E-state index contributed by atoms with van der Waals surface area (Å²) in [5.41, 5.74) is 10.9. The van der Waals surface area contributed by atoms with Gasteiger partial charge >= 0.3 is 0 Å². The molecule has 90 valence electrons. The molecule has 0 aliphatic heterocycles. The molecule has 0 fully saturated rings. The molecule has 1 unspecified atom stereocenters. The van der Waals surface area contributed by atoms with E-state index in [1.807, 2.05) is 0 Å². The molecule has 1 heterocycles. The Morgan fingerprint density at radius 1 is 1.59 bits per heavy atom. The molecule has 0 radical (unpaired) electrons.